The van der Waals surface area contributed by atoms with E-state index in [2.05, 4.69) is 4.98 Å². The third-order valence-electron chi connectivity index (χ3n) is 5.49. The average molecular weight is 368 g/mol. The molecule has 0 aliphatic carbocycles. The molecule has 1 fully saturated rings. The van der Waals surface area contributed by atoms with Crippen molar-refractivity contribution >= 4 is 5.91 Å². The monoisotopic (exact) mass is 368 g/mol. The zero-order chi connectivity index (χ0) is 19.6. The number of benzene rings is 1. The first-order chi connectivity index (χ1) is 12.8. The summed E-state index contributed by atoms with van der Waals surface area (Å²) in [5.74, 6) is 1.08. The number of H-pyrrole nitrogens is 1. The summed E-state index contributed by atoms with van der Waals surface area (Å²) in [6.07, 6.45) is 3.40. The second-order valence-corrected chi connectivity index (χ2v) is 7.86. The maximum absolute atomic E-state index is 13.1. The summed E-state index contributed by atoms with van der Waals surface area (Å²) in [5, 5.41) is 0. The van der Waals surface area contributed by atoms with Crippen LogP contribution < -0.4 is 10.3 Å². The van der Waals surface area contributed by atoms with E-state index >= 15 is 0 Å². The van der Waals surface area contributed by atoms with Crippen molar-refractivity contribution in [3.05, 3.63) is 63.6 Å². The molecule has 0 atom stereocenters. The molecule has 1 amide bonds. The van der Waals surface area contributed by atoms with Gasteiger partial charge in [0.05, 0.1) is 0 Å². The second kappa shape index (κ2) is 7.59. The number of nitrogens with one attached hydrogen (secondary N) is 1. The molecule has 0 radical (unpaired) electrons. The molecule has 1 saturated heterocycles. The van der Waals surface area contributed by atoms with E-state index in [9.17, 15) is 9.59 Å². The van der Waals surface area contributed by atoms with Crippen LogP contribution >= 0.6 is 0 Å². The minimum Gasteiger partial charge on any atom is -0.478 e. The van der Waals surface area contributed by atoms with Gasteiger partial charge in [0.25, 0.3) is 5.91 Å². The van der Waals surface area contributed by atoms with Crippen LogP contribution in [0.3, 0.4) is 0 Å². The molecule has 0 spiro atoms. The molecule has 5 nitrogen and oxygen atoms in total. The molecule has 1 aromatic heterocycles. The summed E-state index contributed by atoms with van der Waals surface area (Å²) in [5.41, 5.74) is 2.27. The number of ether oxygens (including phenoxy) is 1. The number of pyridine rings is 1. The van der Waals surface area contributed by atoms with E-state index in [1.807, 2.05) is 56.9 Å². The van der Waals surface area contributed by atoms with E-state index in [-0.39, 0.29) is 11.5 Å². The fourth-order valence-electron chi connectivity index (χ4n) is 3.67. The number of piperidine rings is 1. The highest BCUT2D eigenvalue weighted by molar-refractivity contribution is 5.85. The van der Waals surface area contributed by atoms with Crippen molar-refractivity contribution in [2.24, 2.45) is 0 Å². The lowest BCUT2D eigenvalue weighted by molar-refractivity contribution is -0.146. The van der Waals surface area contributed by atoms with Crippen LogP contribution in [0.4, 0.5) is 0 Å². The topological polar surface area (TPSA) is 62.4 Å². The van der Waals surface area contributed by atoms with Gasteiger partial charge >= 0.3 is 0 Å². The molecular formula is C22H28N2O3. The van der Waals surface area contributed by atoms with Gasteiger partial charge in [0.15, 0.2) is 5.60 Å². The van der Waals surface area contributed by atoms with E-state index in [1.165, 1.54) is 0 Å². The Hall–Kier alpha value is -2.56. The normalized spacial score (nSPS) is 15.6. The van der Waals surface area contributed by atoms with E-state index < -0.39 is 5.60 Å². The van der Waals surface area contributed by atoms with E-state index in [0.717, 1.165) is 35.3 Å². The number of carbonyl (C=O) groups excluding carboxylic acids is 1. The number of hydrogen-bond donors (Lipinski definition) is 1. The molecule has 0 bridgehead atoms. The van der Waals surface area contributed by atoms with Crippen LogP contribution in [0.2, 0.25) is 0 Å². The Labute approximate surface area is 160 Å². The predicted molar refractivity (Wildman–Crippen MR) is 106 cm³/mol. The Morgan fingerprint density at radius 3 is 2.56 bits per heavy atom. The van der Waals surface area contributed by atoms with Gasteiger partial charge in [-0.1, -0.05) is 12.1 Å². The molecule has 0 unspecified atom stereocenters. The highest BCUT2D eigenvalue weighted by Gasteiger charge is 2.36. The van der Waals surface area contributed by atoms with Crippen LogP contribution in [0, 0.1) is 13.8 Å². The third kappa shape index (κ3) is 4.24. The second-order valence-electron chi connectivity index (χ2n) is 7.86. The highest BCUT2D eigenvalue weighted by atomic mass is 16.5. The Morgan fingerprint density at radius 2 is 1.89 bits per heavy atom. The minimum atomic E-state index is -0.921. The van der Waals surface area contributed by atoms with Gasteiger partial charge < -0.3 is 14.6 Å². The number of amides is 1. The van der Waals surface area contributed by atoms with Crippen LogP contribution in [0.1, 0.15) is 49.3 Å². The van der Waals surface area contributed by atoms with Crippen molar-refractivity contribution in [3.63, 3.8) is 0 Å². The molecular weight excluding hydrogens is 340 g/mol. The zero-order valence-corrected chi connectivity index (χ0v) is 16.5. The van der Waals surface area contributed by atoms with Crippen LogP contribution in [-0.2, 0) is 4.79 Å². The Morgan fingerprint density at radius 1 is 1.19 bits per heavy atom. The van der Waals surface area contributed by atoms with Crippen LogP contribution in [0.5, 0.6) is 5.75 Å². The molecule has 1 N–H and O–H groups in total. The van der Waals surface area contributed by atoms with Gasteiger partial charge in [-0.05, 0) is 75.3 Å². The number of likely N-dealkylation sites (tertiary alicyclic amines) is 1. The number of aromatic nitrogens is 1. The fraction of sp³-hybridized carbons (Fsp3) is 0.455. The summed E-state index contributed by atoms with van der Waals surface area (Å²) in [6.45, 7) is 9.07. The summed E-state index contributed by atoms with van der Waals surface area (Å²) in [4.78, 5) is 29.1. The largest absolute Gasteiger partial charge is 0.478 e. The maximum Gasteiger partial charge on any atom is 0.266 e. The molecule has 27 heavy (non-hydrogen) atoms. The molecule has 5 heteroatoms. The molecule has 2 aromatic rings. The number of rotatable bonds is 4. The van der Waals surface area contributed by atoms with Gasteiger partial charge in [0.2, 0.25) is 5.56 Å². The number of aryl methyl sites for hydroxylation is 1. The third-order valence-corrected chi connectivity index (χ3v) is 5.49. The first-order valence-electron chi connectivity index (χ1n) is 9.51. The smallest absolute Gasteiger partial charge is 0.266 e. The summed E-state index contributed by atoms with van der Waals surface area (Å²) >= 11 is 0. The SMILES string of the molecule is Cc1cccc(OC(C)(C)C(=O)N2CCC(c3cc[nH]c(=O)c3)CC2)c1C. The van der Waals surface area contributed by atoms with Crippen molar-refractivity contribution in [3.8, 4) is 5.75 Å². The van der Waals surface area contributed by atoms with E-state index in [4.69, 9.17) is 4.74 Å². The van der Waals surface area contributed by atoms with Crippen LogP contribution in [0.15, 0.2) is 41.3 Å². The molecule has 1 aliphatic heterocycles. The average Bonchev–Trinajstić information content (AvgIpc) is 2.65. The summed E-state index contributed by atoms with van der Waals surface area (Å²) in [6, 6.07) is 9.52. The lowest BCUT2D eigenvalue weighted by Crippen LogP contribution is -2.51. The number of carbonyl (C=O) groups is 1. The van der Waals surface area contributed by atoms with Gasteiger partial charge in [-0.25, -0.2) is 0 Å². The highest BCUT2D eigenvalue weighted by Crippen LogP contribution is 2.30. The molecule has 0 saturated carbocycles. The van der Waals surface area contributed by atoms with Gasteiger partial charge in [0, 0.05) is 25.4 Å². The Kier molecular flexibility index (Phi) is 5.40. The minimum absolute atomic E-state index is 0.00719. The summed E-state index contributed by atoms with van der Waals surface area (Å²) in [7, 11) is 0. The number of aromatic amines is 1. The van der Waals surface area contributed by atoms with Gasteiger partial charge in [-0.2, -0.15) is 0 Å². The molecule has 1 aromatic carbocycles. The quantitative estimate of drug-likeness (QED) is 0.898. The van der Waals surface area contributed by atoms with Crippen molar-refractivity contribution in [2.45, 2.75) is 52.1 Å². The van der Waals surface area contributed by atoms with Gasteiger partial charge in [-0.15, -0.1) is 0 Å². The van der Waals surface area contributed by atoms with Gasteiger partial charge in [-0.3, -0.25) is 9.59 Å². The summed E-state index contributed by atoms with van der Waals surface area (Å²) < 4.78 is 6.12. The first kappa shape index (κ1) is 19.2. The van der Waals surface area contributed by atoms with E-state index in [1.54, 1.807) is 12.3 Å². The van der Waals surface area contributed by atoms with Crippen LogP contribution in [0.25, 0.3) is 0 Å². The van der Waals surface area contributed by atoms with Crippen molar-refractivity contribution < 1.29 is 9.53 Å². The first-order valence-corrected chi connectivity index (χ1v) is 9.51. The lowest BCUT2D eigenvalue weighted by Gasteiger charge is -2.37. The number of nitrogens with zero attached hydrogens (tertiary/aromatic N) is 1. The Bertz CT molecular complexity index is 877. The van der Waals surface area contributed by atoms with E-state index in [0.29, 0.717) is 19.0 Å². The predicted octanol–water partition coefficient (Wildman–Crippen LogP) is 3.56. The molecule has 1 aliphatic rings. The van der Waals surface area contributed by atoms with Crippen LogP contribution in [-0.4, -0.2) is 34.5 Å². The molecule has 3 rings (SSSR count). The standard InChI is InChI=1S/C22H28N2O3/c1-15-6-5-7-19(16(15)2)27-22(3,4)21(26)24-12-9-17(10-13-24)18-8-11-23-20(25)14-18/h5-8,11,14,17H,9-10,12-13H2,1-4H3,(H,23,25). The van der Waals surface area contributed by atoms with Crippen molar-refractivity contribution in [1.29, 1.82) is 0 Å². The van der Waals surface area contributed by atoms with Crippen molar-refractivity contribution in [2.75, 3.05) is 13.1 Å². The number of hydrogen-bond acceptors (Lipinski definition) is 3. The lowest BCUT2D eigenvalue weighted by atomic mass is 9.89. The van der Waals surface area contributed by atoms with Crippen molar-refractivity contribution in [1.82, 2.24) is 9.88 Å². The Balaban J connectivity index is 1.65. The molecule has 144 valence electrons. The van der Waals surface area contributed by atoms with Gasteiger partial charge in [0.1, 0.15) is 5.75 Å². The fourth-order valence-corrected chi connectivity index (χ4v) is 3.67. The molecule has 2 heterocycles. The zero-order valence-electron chi connectivity index (χ0n) is 16.5. The maximum atomic E-state index is 13.1.